The summed E-state index contributed by atoms with van der Waals surface area (Å²) in [6.45, 7) is 0. The van der Waals surface area contributed by atoms with Crippen molar-refractivity contribution in [1.82, 2.24) is 9.97 Å². The summed E-state index contributed by atoms with van der Waals surface area (Å²) >= 11 is 0. The number of nitrogen functional groups attached to an aromatic ring is 2. The fourth-order valence-corrected chi connectivity index (χ4v) is 0.581. The van der Waals surface area contributed by atoms with Gasteiger partial charge in [-0.15, -0.1) is 0 Å². The lowest BCUT2D eigenvalue weighted by Gasteiger charge is -1.97. The van der Waals surface area contributed by atoms with Gasteiger partial charge in [0, 0.05) is 0 Å². The van der Waals surface area contributed by atoms with E-state index in [0.29, 0.717) is 0 Å². The van der Waals surface area contributed by atoms with Gasteiger partial charge in [0.1, 0.15) is 23.3 Å². The molecule has 0 aliphatic rings. The van der Waals surface area contributed by atoms with Crippen LogP contribution in [-0.2, 0) is 0 Å². The first-order chi connectivity index (χ1) is 5.15. The van der Waals surface area contributed by atoms with Crippen LogP contribution in [0.2, 0.25) is 0 Å². The molecule has 0 aliphatic heterocycles. The Bertz CT molecular complexity index is 305. The van der Waals surface area contributed by atoms with Crippen molar-refractivity contribution in [3.63, 3.8) is 0 Å². The van der Waals surface area contributed by atoms with Gasteiger partial charge in [0.2, 0.25) is 0 Å². The van der Waals surface area contributed by atoms with E-state index in [9.17, 15) is 4.39 Å². The smallest absolute Gasteiger partial charge is 0.312 e. The molecule has 0 aliphatic carbocycles. The highest BCUT2D eigenvalue weighted by Crippen LogP contribution is 2.12. The Morgan fingerprint density at radius 1 is 1.27 bits per heavy atom. The number of nitriles is 1. The minimum absolute atomic E-state index is 0.0913. The van der Waals surface area contributed by atoms with Gasteiger partial charge in [-0.2, -0.15) is 19.6 Å². The monoisotopic (exact) mass is 153 g/mol. The van der Waals surface area contributed by atoms with E-state index in [4.69, 9.17) is 16.7 Å². The molecule has 0 saturated heterocycles. The fraction of sp³-hybridized carbons (Fsp3) is 0. The molecular formula is C5H4FN5. The Morgan fingerprint density at radius 3 is 2.09 bits per heavy atom. The number of aromatic nitrogens is 2. The Balaban J connectivity index is 3.40. The van der Waals surface area contributed by atoms with Crippen molar-refractivity contribution in [2.75, 3.05) is 11.5 Å². The van der Waals surface area contributed by atoms with Crippen molar-refractivity contribution in [3.8, 4) is 6.07 Å². The number of halogens is 1. The van der Waals surface area contributed by atoms with Gasteiger partial charge in [-0.25, -0.2) is 0 Å². The summed E-state index contributed by atoms with van der Waals surface area (Å²) in [6.07, 6.45) is -1.03. The predicted octanol–water partition coefficient (Wildman–Crippen LogP) is -0.348. The van der Waals surface area contributed by atoms with Gasteiger partial charge in [-0.05, 0) is 0 Å². The summed E-state index contributed by atoms with van der Waals surface area (Å²) < 4.78 is 12.3. The summed E-state index contributed by atoms with van der Waals surface area (Å²) in [6, 6.07) is 1.65. The summed E-state index contributed by atoms with van der Waals surface area (Å²) in [7, 11) is 0. The third-order valence-electron chi connectivity index (χ3n) is 1.05. The van der Waals surface area contributed by atoms with Crippen LogP contribution in [0.25, 0.3) is 0 Å². The molecule has 0 bridgehead atoms. The summed E-state index contributed by atoms with van der Waals surface area (Å²) in [5.74, 6) is -0.477. The van der Waals surface area contributed by atoms with Crippen LogP contribution in [0.15, 0.2) is 0 Å². The first-order valence-corrected chi connectivity index (χ1v) is 2.63. The molecule has 5 nitrogen and oxygen atoms in total. The van der Waals surface area contributed by atoms with Gasteiger partial charge in [0.15, 0.2) is 0 Å². The van der Waals surface area contributed by atoms with Crippen LogP contribution < -0.4 is 11.5 Å². The summed E-state index contributed by atoms with van der Waals surface area (Å²) in [4.78, 5) is 6.21. The zero-order valence-electron chi connectivity index (χ0n) is 5.37. The van der Waals surface area contributed by atoms with E-state index in [1.54, 1.807) is 6.07 Å². The SMILES string of the molecule is N#Cc1c(N)nc(F)nc1N. The molecule has 56 valence electrons. The Labute approximate surface area is 61.5 Å². The topological polar surface area (TPSA) is 102 Å². The molecule has 4 N–H and O–H groups in total. The number of hydrogen-bond acceptors (Lipinski definition) is 5. The van der Waals surface area contributed by atoms with E-state index in [1.807, 2.05) is 0 Å². The maximum absolute atomic E-state index is 12.3. The molecule has 0 atom stereocenters. The molecule has 0 radical (unpaired) electrons. The average molecular weight is 153 g/mol. The van der Waals surface area contributed by atoms with Crippen LogP contribution in [0.5, 0.6) is 0 Å². The second-order valence-electron chi connectivity index (χ2n) is 1.75. The van der Waals surface area contributed by atoms with Gasteiger partial charge in [-0.1, -0.05) is 0 Å². The first kappa shape index (κ1) is 7.21. The van der Waals surface area contributed by atoms with Gasteiger partial charge < -0.3 is 11.5 Å². The lowest BCUT2D eigenvalue weighted by Crippen LogP contribution is -2.05. The number of nitrogens with zero attached hydrogens (tertiary/aromatic N) is 3. The molecule has 1 aromatic rings. The lowest BCUT2D eigenvalue weighted by atomic mass is 10.3. The number of nitrogens with two attached hydrogens (primary N) is 2. The molecule has 11 heavy (non-hydrogen) atoms. The van der Waals surface area contributed by atoms with Crippen LogP contribution in [0.4, 0.5) is 16.0 Å². The van der Waals surface area contributed by atoms with E-state index in [-0.39, 0.29) is 17.2 Å². The molecule has 1 aromatic heterocycles. The second-order valence-corrected chi connectivity index (χ2v) is 1.75. The fourth-order valence-electron chi connectivity index (χ4n) is 0.581. The van der Waals surface area contributed by atoms with Gasteiger partial charge in [0.25, 0.3) is 0 Å². The van der Waals surface area contributed by atoms with Crippen LogP contribution >= 0.6 is 0 Å². The lowest BCUT2D eigenvalue weighted by molar-refractivity contribution is 0.542. The first-order valence-electron chi connectivity index (χ1n) is 2.63. The van der Waals surface area contributed by atoms with Crippen LogP contribution in [-0.4, -0.2) is 9.97 Å². The largest absolute Gasteiger partial charge is 0.382 e. The van der Waals surface area contributed by atoms with Gasteiger partial charge >= 0.3 is 6.08 Å². The Morgan fingerprint density at radius 2 is 1.73 bits per heavy atom. The number of anilines is 2. The van der Waals surface area contributed by atoms with E-state index in [2.05, 4.69) is 9.97 Å². The number of hydrogen-bond donors (Lipinski definition) is 2. The Hall–Kier alpha value is -1.90. The van der Waals surface area contributed by atoms with Crippen LogP contribution in [0.3, 0.4) is 0 Å². The molecule has 0 fully saturated rings. The third-order valence-corrected chi connectivity index (χ3v) is 1.05. The zero-order chi connectivity index (χ0) is 8.43. The number of rotatable bonds is 0. The van der Waals surface area contributed by atoms with Crippen molar-refractivity contribution in [2.24, 2.45) is 0 Å². The van der Waals surface area contributed by atoms with Crippen molar-refractivity contribution in [2.45, 2.75) is 0 Å². The van der Waals surface area contributed by atoms with Crippen molar-refractivity contribution in [3.05, 3.63) is 11.6 Å². The predicted molar refractivity (Wildman–Crippen MR) is 35.5 cm³/mol. The van der Waals surface area contributed by atoms with Gasteiger partial charge in [-0.3, -0.25) is 0 Å². The van der Waals surface area contributed by atoms with Gasteiger partial charge in [0.05, 0.1) is 0 Å². The second kappa shape index (κ2) is 2.38. The maximum atomic E-state index is 12.3. The molecule has 0 amide bonds. The molecule has 1 heterocycles. The van der Waals surface area contributed by atoms with Crippen molar-refractivity contribution >= 4 is 11.6 Å². The molecule has 0 spiro atoms. The highest BCUT2D eigenvalue weighted by atomic mass is 19.1. The van der Waals surface area contributed by atoms with E-state index in [0.717, 1.165) is 0 Å². The summed E-state index contributed by atoms with van der Waals surface area (Å²) in [5.41, 5.74) is 10.2. The van der Waals surface area contributed by atoms with E-state index < -0.39 is 6.08 Å². The normalized spacial score (nSPS) is 9.09. The van der Waals surface area contributed by atoms with E-state index in [1.165, 1.54) is 0 Å². The minimum atomic E-state index is -1.03. The van der Waals surface area contributed by atoms with Crippen LogP contribution in [0.1, 0.15) is 5.56 Å². The standard InChI is InChI=1S/C5H4FN5/c6-5-10-3(8)2(1-7)4(9)11-5/h(H4,8,9,10,11). The molecule has 0 aromatic carbocycles. The minimum Gasteiger partial charge on any atom is -0.382 e. The third kappa shape index (κ3) is 1.16. The quantitative estimate of drug-likeness (QED) is 0.496. The van der Waals surface area contributed by atoms with E-state index >= 15 is 0 Å². The molecule has 0 saturated carbocycles. The maximum Gasteiger partial charge on any atom is 0.312 e. The summed E-state index contributed by atoms with van der Waals surface area (Å²) in [5, 5.41) is 8.38. The molecular weight excluding hydrogens is 149 g/mol. The highest BCUT2D eigenvalue weighted by Gasteiger charge is 2.07. The molecule has 6 heteroatoms. The molecule has 0 unspecified atom stereocenters. The van der Waals surface area contributed by atoms with Crippen LogP contribution in [0, 0.1) is 17.4 Å². The highest BCUT2D eigenvalue weighted by molar-refractivity contribution is 5.59. The average Bonchev–Trinajstić information content (AvgIpc) is 1.85. The Kier molecular flexibility index (Phi) is 1.56. The zero-order valence-corrected chi connectivity index (χ0v) is 5.37. The molecule has 1 rings (SSSR count). The van der Waals surface area contributed by atoms with Crippen molar-refractivity contribution < 1.29 is 4.39 Å². The van der Waals surface area contributed by atoms with Crippen molar-refractivity contribution in [1.29, 1.82) is 5.26 Å².